The van der Waals surface area contributed by atoms with E-state index in [4.69, 9.17) is 30.5 Å². The van der Waals surface area contributed by atoms with E-state index in [1.165, 1.54) is 13.2 Å². The number of carbonyl (C=O) groups excluding carboxylic acids is 2. The van der Waals surface area contributed by atoms with Crippen LogP contribution in [0, 0.1) is 6.92 Å². The van der Waals surface area contributed by atoms with Crippen molar-refractivity contribution in [2.75, 3.05) is 26.9 Å². The van der Waals surface area contributed by atoms with Crippen molar-refractivity contribution < 1.29 is 28.5 Å². The molecule has 2 rings (SSSR count). The van der Waals surface area contributed by atoms with Crippen molar-refractivity contribution in [3.63, 3.8) is 0 Å². The number of aryl methyl sites for hydroxylation is 1. The van der Waals surface area contributed by atoms with Crippen molar-refractivity contribution in [3.05, 3.63) is 58.6 Å². The summed E-state index contributed by atoms with van der Waals surface area (Å²) < 4.78 is 20.5. The maximum atomic E-state index is 12.0. The van der Waals surface area contributed by atoms with Gasteiger partial charge in [0.2, 0.25) is 0 Å². The number of hydrogen-bond donors (Lipinski definition) is 0. The van der Waals surface area contributed by atoms with E-state index in [1.807, 2.05) is 6.92 Å². The lowest BCUT2D eigenvalue weighted by Gasteiger charge is -2.10. The van der Waals surface area contributed by atoms with Gasteiger partial charge in [0.25, 0.3) is 0 Å². The first-order chi connectivity index (χ1) is 12.5. The van der Waals surface area contributed by atoms with Gasteiger partial charge in [0, 0.05) is 12.1 Å². The largest absolute Gasteiger partial charge is 0.482 e. The summed E-state index contributed by atoms with van der Waals surface area (Å²) in [7, 11) is 1.52. The number of methoxy groups -OCH3 is 1. The van der Waals surface area contributed by atoms with Gasteiger partial charge >= 0.3 is 11.9 Å². The number of carbonyl (C=O) groups is 2. The minimum atomic E-state index is -0.593. The molecule has 26 heavy (non-hydrogen) atoms. The van der Waals surface area contributed by atoms with Gasteiger partial charge in [-0.15, -0.1) is 0 Å². The Balaban J connectivity index is 1.90. The van der Waals surface area contributed by atoms with Crippen molar-refractivity contribution in [1.82, 2.24) is 0 Å². The molecule has 0 bridgehead atoms. The fourth-order valence-electron chi connectivity index (χ4n) is 2.06. The van der Waals surface area contributed by atoms with Gasteiger partial charge in [-0.2, -0.15) is 0 Å². The molecule has 0 heterocycles. The molecule has 0 aliphatic rings. The Kier molecular flexibility index (Phi) is 7.44. The molecular weight excluding hydrogens is 360 g/mol. The molecule has 2 aromatic carbocycles. The Morgan fingerprint density at radius 1 is 1.08 bits per heavy atom. The molecule has 6 nitrogen and oxygen atoms in total. The fourth-order valence-corrected chi connectivity index (χ4v) is 2.29. The lowest BCUT2D eigenvalue weighted by molar-refractivity contribution is -0.136. The molecule has 0 fully saturated rings. The van der Waals surface area contributed by atoms with Crippen LogP contribution in [0.5, 0.6) is 11.5 Å². The van der Waals surface area contributed by atoms with Gasteiger partial charge in [0.05, 0.1) is 12.2 Å². The Bertz CT molecular complexity index is 774. The summed E-state index contributed by atoms with van der Waals surface area (Å²) >= 11 is 5.88. The number of rotatable bonds is 8. The van der Waals surface area contributed by atoms with Gasteiger partial charge in [-0.1, -0.05) is 17.7 Å². The molecule has 0 saturated heterocycles. The van der Waals surface area contributed by atoms with E-state index >= 15 is 0 Å². The smallest absolute Gasteiger partial charge is 0.349 e. The zero-order valence-corrected chi connectivity index (χ0v) is 15.2. The molecule has 2 aromatic rings. The summed E-state index contributed by atoms with van der Waals surface area (Å²) in [6.07, 6.45) is 0. The first-order valence-corrected chi connectivity index (χ1v) is 8.23. The quantitative estimate of drug-likeness (QED) is 0.398. The predicted octanol–water partition coefficient (Wildman–Crippen LogP) is 3.44. The summed E-state index contributed by atoms with van der Waals surface area (Å²) in [5, 5.41) is 0.589. The standard InChI is InChI=1S/C19H19ClO6/c1-13-10-15(20)6-7-17(13)25-12-18(21)26-16-5-3-4-14(11-16)19(22)24-9-8-23-2/h3-7,10-11H,8-9,12H2,1-2H3. The number of esters is 2. The van der Waals surface area contributed by atoms with Crippen LogP contribution >= 0.6 is 11.6 Å². The van der Waals surface area contributed by atoms with E-state index in [2.05, 4.69) is 0 Å². The average Bonchev–Trinajstić information content (AvgIpc) is 2.61. The molecule has 0 aromatic heterocycles. The van der Waals surface area contributed by atoms with Gasteiger partial charge in [-0.3, -0.25) is 0 Å². The van der Waals surface area contributed by atoms with Crippen molar-refractivity contribution in [3.8, 4) is 11.5 Å². The van der Waals surface area contributed by atoms with Crippen molar-refractivity contribution in [2.45, 2.75) is 6.92 Å². The van der Waals surface area contributed by atoms with Crippen LogP contribution in [0.15, 0.2) is 42.5 Å². The minimum Gasteiger partial charge on any atom is -0.482 e. The van der Waals surface area contributed by atoms with Crippen LogP contribution in [-0.2, 0) is 14.3 Å². The van der Waals surface area contributed by atoms with Crippen LogP contribution in [0.4, 0.5) is 0 Å². The van der Waals surface area contributed by atoms with Crippen LogP contribution < -0.4 is 9.47 Å². The van der Waals surface area contributed by atoms with E-state index in [9.17, 15) is 9.59 Å². The molecule has 0 unspecified atom stereocenters. The molecule has 7 heteroatoms. The van der Waals surface area contributed by atoms with Crippen LogP contribution in [0.1, 0.15) is 15.9 Å². The molecule has 0 radical (unpaired) electrons. The zero-order valence-electron chi connectivity index (χ0n) is 14.5. The normalized spacial score (nSPS) is 10.3. The molecule has 0 saturated carbocycles. The Labute approximate surface area is 156 Å². The molecule has 0 aliphatic heterocycles. The highest BCUT2D eigenvalue weighted by molar-refractivity contribution is 6.30. The van der Waals surface area contributed by atoms with E-state index in [-0.39, 0.29) is 24.5 Å². The highest BCUT2D eigenvalue weighted by Crippen LogP contribution is 2.22. The number of benzene rings is 2. The third kappa shape index (κ3) is 6.06. The molecule has 0 aliphatic carbocycles. The van der Waals surface area contributed by atoms with Crippen LogP contribution in [-0.4, -0.2) is 38.9 Å². The number of halogens is 1. The Hall–Kier alpha value is -2.57. The molecule has 0 atom stereocenters. The second-order valence-electron chi connectivity index (χ2n) is 5.33. The van der Waals surface area contributed by atoms with E-state index in [1.54, 1.807) is 36.4 Å². The third-order valence-corrected chi connectivity index (χ3v) is 3.54. The minimum absolute atomic E-state index is 0.146. The highest BCUT2D eigenvalue weighted by atomic mass is 35.5. The maximum absolute atomic E-state index is 12.0. The Morgan fingerprint density at radius 3 is 2.62 bits per heavy atom. The molecule has 0 amide bonds. The first kappa shape index (κ1) is 19.8. The number of hydrogen-bond acceptors (Lipinski definition) is 6. The molecule has 0 N–H and O–H groups in total. The lowest BCUT2D eigenvalue weighted by atomic mass is 10.2. The Morgan fingerprint density at radius 2 is 1.88 bits per heavy atom. The highest BCUT2D eigenvalue weighted by Gasteiger charge is 2.11. The molecule has 138 valence electrons. The fraction of sp³-hybridized carbons (Fsp3) is 0.263. The van der Waals surface area contributed by atoms with Crippen LogP contribution in [0.25, 0.3) is 0 Å². The van der Waals surface area contributed by atoms with E-state index < -0.39 is 11.9 Å². The summed E-state index contributed by atoms with van der Waals surface area (Å²) in [4.78, 5) is 23.8. The first-order valence-electron chi connectivity index (χ1n) is 7.85. The lowest BCUT2D eigenvalue weighted by Crippen LogP contribution is -2.18. The predicted molar refractivity (Wildman–Crippen MR) is 95.9 cm³/mol. The third-order valence-electron chi connectivity index (χ3n) is 3.30. The van der Waals surface area contributed by atoms with Crippen LogP contribution in [0.3, 0.4) is 0 Å². The van der Waals surface area contributed by atoms with Gasteiger partial charge in [-0.05, 0) is 48.9 Å². The monoisotopic (exact) mass is 378 g/mol. The topological polar surface area (TPSA) is 71.1 Å². The van der Waals surface area contributed by atoms with Gasteiger partial charge in [0.1, 0.15) is 18.1 Å². The summed E-state index contributed by atoms with van der Waals surface area (Å²) in [5.41, 5.74) is 1.09. The molecule has 0 spiro atoms. The van der Waals surface area contributed by atoms with Gasteiger partial charge in [0.15, 0.2) is 6.61 Å². The average molecular weight is 379 g/mol. The summed E-state index contributed by atoms with van der Waals surface area (Å²) in [6, 6.07) is 11.3. The van der Waals surface area contributed by atoms with Crippen LogP contribution in [0.2, 0.25) is 5.02 Å². The number of ether oxygens (including phenoxy) is 4. The molecular formula is C19H19ClO6. The van der Waals surface area contributed by atoms with Gasteiger partial charge in [-0.25, -0.2) is 9.59 Å². The summed E-state index contributed by atoms with van der Waals surface area (Å²) in [6.45, 7) is 2.01. The SMILES string of the molecule is COCCOC(=O)c1cccc(OC(=O)COc2ccc(Cl)cc2C)c1. The summed E-state index contributed by atoms with van der Waals surface area (Å²) in [5.74, 6) is -0.341. The van der Waals surface area contributed by atoms with Crippen molar-refractivity contribution in [2.24, 2.45) is 0 Å². The van der Waals surface area contributed by atoms with Gasteiger partial charge < -0.3 is 18.9 Å². The van der Waals surface area contributed by atoms with E-state index in [0.717, 1.165) is 5.56 Å². The maximum Gasteiger partial charge on any atom is 0.349 e. The zero-order chi connectivity index (χ0) is 18.9. The van der Waals surface area contributed by atoms with Crippen molar-refractivity contribution >= 4 is 23.5 Å². The second kappa shape index (κ2) is 9.79. The van der Waals surface area contributed by atoms with Crippen molar-refractivity contribution in [1.29, 1.82) is 0 Å². The van der Waals surface area contributed by atoms with E-state index in [0.29, 0.717) is 17.4 Å². The second-order valence-corrected chi connectivity index (χ2v) is 5.77.